The van der Waals surface area contributed by atoms with E-state index in [4.69, 9.17) is 16.7 Å². The number of ether oxygens (including phenoxy) is 1. The number of benzene rings is 1. The first-order valence-electron chi connectivity index (χ1n) is 5.51. The first-order chi connectivity index (χ1) is 9.76. The summed E-state index contributed by atoms with van der Waals surface area (Å²) in [5.41, 5.74) is -0.0444. The standard InChI is InChI=1S/C13H7ClF3NO3/c14-8-5-10(12(19)20)11(18-6-8)7-2-1-3-9(4-7)21-13(15,16)17/h1-6H,(H,19,20). The van der Waals surface area contributed by atoms with Crippen LogP contribution in [-0.4, -0.2) is 22.4 Å². The first-order valence-corrected chi connectivity index (χ1v) is 5.89. The van der Waals surface area contributed by atoms with E-state index in [1.54, 1.807) is 0 Å². The lowest BCUT2D eigenvalue weighted by Crippen LogP contribution is -2.17. The fourth-order valence-corrected chi connectivity index (χ4v) is 1.83. The normalized spacial score (nSPS) is 11.2. The number of pyridine rings is 1. The van der Waals surface area contributed by atoms with E-state index in [1.165, 1.54) is 24.4 Å². The van der Waals surface area contributed by atoms with Crippen molar-refractivity contribution in [1.29, 1.82) is 0 Å². The van der Waals surface area contributed by atoms with Gasteiger partial charge >= 0.3 is 12.3 Å². The van der Waals surface area contributed by atoms with E-state index in [2.05, 4.69) is 9.72 Å². The van der Waals surface area contributed by atoms with Crippen LogP contribution in [-0.2, 0) is 0 Å². The van der Waals surface area contributed by atoms with Crippen molar-refractivity contribution >= 4 is 17.6 Å². The van der Waals surface area contributed by atoms with Crippen LogP contribution in [0.5, 0.6) is 5.75 Å². The molecule has 0 bridgehead atoms. The van der Waals surface area contributed by atoms with E-state index in [-0.39, 0.29) is 21.8 Å². The van der Waals surface area contributed by atoms with E-state index in [0.29, 0.717) is 0 Å². The summed E-state index contributed by atoms with van der Waals surface area (Å²) >= 11 is 5.67. The average molecular weight is 318 g/mol. The Kier molecular flexibility index (Phi) is 4.04. The Balaban J connectivity index is 2.48. The number of carboxylic acid groups (broad SMARTS) is 1. The van der Waals surface area contributed by atoms with Crippen molar-refractivity contribution < 1.29 is 27.8 Å². The summed E-state index contributed by atoms with van der Waals surface area (Å²) in [6, 6.07) is 6.05. The van der Waals surface area contributed by atoms with E-state index < -0.39 is 18.1 Å². The van der Waals surface area contributed by atoms with Crippen molar-refractivity contribution in [2.45, 2.75) is 6.36 Å². The van der Waals surface area contributed by atoms with Crippen LogP contribution in [0, 0.1) is 0 Å². The molecule has 110 valence electrons. The van der Waals surface area contributed by atoms with Gasteiger partial charge in [-0.05, 0) is 18.2 Å². The van der Waals surface area contributed by atoms with E-state index in [0.717, 1.165) is 12.1 Å². The van der Waals surface area contributed by atoms with Crippen molar-refractivity contribution in [3.05, 3.63) is 47.1 Å². The Hall–Kier alpha value is -2.28. The highest BCUT2D eigenvalue weighted by molar-refractivity contribution is 6.30. The molecule has 0 saturated carbocycles. The van der Waals surface area contributed by atoms with Gasteiger partial charge in [-0.25, -0.2) is 4.79 Å². The second-order valence-electron chi connectivity index (χ2n) is 3.93. The lowest BCUT2D eigenvalue weighted by atomic mass is 10.1. The average Bonchev–Trinajstić information content (AvgIpc) is 2.36. The number of rotatable bonds is 3. The maximum absolute atomic E-state index is 12.2. The SMILES string of the molecule is O=C(O)c1cc(Cl)cnc1-c1cccc(OC(F)(F)F)c1. The predicted octanol–water partition coefficient (Wildman–Crippen LogP) is 4.00. The molecule has 0 aliphatic heterocycles. The van der Waals surface area contributed by atoms with Crippen molar-refractivity contribution in [3.8, 4) is 17.0 Å². The molecule has 1 aromatic heterocycles. The highest BCUT2D eigenvalue weighted by Gasteiger charge is 2.31. The van der Waals surface area contributed by atoms with Gasteiger partial charge in [0.25, 0.3) is 0 Å². The lowest BCUT2D eigenvalue weighted by Gasteiger charge is -2.11. The highest BCUT2D eigenvalue weighted by Crippen LogP contribution is 2.29. The molecule has 4 nitrogen and oxygen atoms in total. The number of aromatic carboxylic acids is 1. The van der Waals surface area contributed by atoms with Gasteiger partial charge in [0.05, 0.1) is 16.3 Å². The molecule has 0 aliphatic rings. The van der Waals surface area contributed by atoms with Crippen LogP contribution in [0.25, 0.3) is 11.3 Å². The molecular weight excluding hydrogens is 311 g/mol. The summed E-state index contributed by atoms with van der Waals surface area (Å²) in [6.07, 6.45) is -3.62. The fourth-order valence-electron chi connectivity index (χ4n) is 1.67. The molecule has 21 heavy (non-hydrogen) atoms. The van der Waals surface area contributed by atoms with E-state index in [9.17, 15) is 18.0 Å². The third kappa shape index (κ3) is 3.85. The van der Waals surface area contributed by atoms with Crippen LogP contribution in [0.2, 0.25) is 5.02 Å². The smallest absolute Gasteiger partial charge is 0.478 e. The molecule has 1 heterocycles. The number of carbonyl (C=O) groups is 1. The van der Waals surface area contributed by atoms with Crippen LogP contribution in [0.3, 0.4) is 0 Å². The molecule has 0 fully saturated rings. The van der Waals surface area contributed by atoms with Crippen LogP contribution in [0.4, 0.5) is 13.2 Å². The molecule has 1 N–H and O–H groups in total. The van der Waals surface area contributed by atoms with Crippen molar-refractivity contribution in [1.82, 2.24) is 4.98 Å². The van der Waals surface area contributed by atoms with Gasteiger partial charge in [0.1, 0.15) is 5.75 Å². The second kappa shape index (κ2) is 5.61. The minimum absolute atomic E-state index is 0.000440. The number of hydrogen-bond donors (Lipinski definition) is 1. The zero-order valence-electron chi connectivity index (χ0n) is 10.2. The highest BCUT2D eigenvalue weighted by atomic mass is 35.5. The van der Waals surface area contributed by atoms with Crippen molar-refractivity contribution in [2.75, 3.05) is 0 Å². The molecule has 1 aromatic carbocycles. The number of hydrogen-bond acceptors (Lipinski definition) is 3. The minimum atomic E-state index is -4.83. The van der Waals surface area contributed by atoms with Gasteiger partial charge in [0.15, 0.2) is 0 Å². The summed E-state index contributed by atoms with van der Waals surface area (Å²) in [5, 5.41) is 9.21. The third-order valence-corrected chi connectivity index (χ3v) is 2.63. The predicted molar refractivity (Wildman–Crippen MR) is 68.3 cm³/mol. The molecule has 2 rings (SSSR count). The summed E-state index contributed by atoms with van der Waals surface area (Å²) in [5.74, 6) is -1.75. The van der Waals surface area contributed by atoms with Gasteiger partial charge in [-0.1, -0.05) is 23.7 Å². The summed E-state index contributed by atoms with van der Waals surface area (Å²) in [6.45, 7) is 0. The second-order valence-corrected chi connectivity index (χ2v) is 4.37. The number of aromatic nitrogens is 1. The van der Waals surface area contributed by atoms with E-state index in [1.807, 2.05) is 0 Å². The van der Waals surface area contributed by atoms with Gasteiger partial charge in [0.2, 0.25) is 0 Å². The molecule has 0 atom stereocenters. The topological polar surface area (TPSA) is 59.4 Å². The summed E-state index contributed by atoms with van der Waals surface area (Å²) in [4.78, 5) is 15.0. The molecule has 0 amide bonds. The van der Waals surface area contributed by atoms with Gasteiger partial charge in [0, 0.05) is 11.8 Å². The van der Waals surface area contributed by atoms with E-state index >= 15 is 0 Å². The molecule has 0 radical (unpaired) electrons. The molecule has 0 saturated heterocycles. The van der Waals surface area contributed by atoms with Crippen LogP contribution in [0.15, 0.2) is 36.5 Å². The van der Waals surface area contributed by atoms with Gasteiger partial charge in [-0.3, -0.25) is 4.98 Å². The molecule has 0 spiro atoms. The molecule has 2 aromatic rings. The minimum Gasteiger partial charge on any atom is -0.478 e. The van der Waals surface area contributed by atoms with Crippen LogP contribution in [0.1, 0.15) is 10.4 Å². The van der Waals surface area contributed by atoms with Gasteiger partial charge < -0.3 is 9.84 Å². The fraction of sp³-hybridized carbons (Fsp3) is 0.0769. The van der Waals surface area contributed by atoms with Crippen molar-refractivity contribution in [3.63, 3.8) is 0 Å². The quantitative estimate of drug-likeness (QED) is 0.929. The molecule has 8 heteroatoms. The first kappa shape index (κ1) is 15.1. The zero-order chi connectivity index (χ0) is 15.6. The number of carboxylic acids is 1. The summed E-state index contributed by atoms with van der Waals surface area (Å²) in [7, 11) is 0. The molecule has 0 unspecified atom stereocenters. The number of halogens is 4. The Morgan fingerprint density at radius 2 is 2.00 bits per heavy atom. The van der Waals surface area contributed by atoms with Gasteiger partial charge in [-0.15, -0.1) is 13.2 Å². The maximum atomic E-state index is 12.2. The van der Waals surface area contributed by atoms with Crippen molar-refractivity contribution in [2.24, 2.45) is 0 Å². The number of nitrogens with zero attached hydrogens (tertiary/aromatic N) is 1. The van der Waals surface area contributed by atoms with Gasteiger partial charge in [-0.2, -0.15) is 0 Å². The lowest BCUT2D eigenvalue weighted by molar-refractivity contribution is -0.274. The maximum Gasteiger partial charge on any atom is 0.573 e. The third-order valence-electron chi connectivity index (χ3n) is 2.43. The number of alkyl halides is 3. The molecular formula is C13H7ClF3NO3. The van der Waals surface area contributed by atoms with Crippen LogP contribution < -0.4 is 4.74 Å². The molecule has 0 aliphatic carbocycles. The van der Waals surface area contributed by atoms with Crippen LogP contribution >= 0.6 is 11.6 Å². The Morgan fingerprint density at radius 3 is 2.62 bits per heavy atom. The summed E-state index contributed by atoms with van der Waals surface area (Å²) < 4.78 is 40.3. The Morgan fingerprint density at radius 1 is 1.29 bits per heavy atom. The largest absolute Gasteiger partial charge is 0.573 e. The zero-order valence-corrected chi connectivity index (χ0v) is 10.9. The monoisotopic (exact) mass is 317 g/mol. The Bertz CT molecular complexity index is 689. The Labute approximate surface area is 121 Å².